The molecule has 9 heteroatoms. The Morgan fingerprint density at radius 3 is 2.48 bits per heavy atom. The van der Waals surface area contributed by atoms with Gasteiger partial charge in [-0.05, 0) is 37.8 Å². The molecule has 0 amide bonds. The lowest BCUT2D eigenvalue weighted by molar-refractivity contribution is 0.422. The summed E-state index contributed by atoms with van der Waals surface area (Å²) in [5, 5.41) is 3.88. The van der Waals surface area contributed by atoms with Crippen LogP contribution >= 0.6 is 11.8 Å². The van der Waals surface area contributed by atoms with Crippen molar-refractivity contribution < 1.29 is 12.9 Å². The predicted octanol–water partition coefficient (Wildman–Crippen LogP) is 3.44. The van der Waals surface area contributed by atoms with Gasteiger partial charge in [-0.1, -0.05) is 24.2 Å². The number of hydrogen-bond donors (Lipinski definition) is 2. The van der Waals surface area contributed by atoms with E-state index in [4.69, 9.17) is 4.52 Å². The number of aromatic amines is 1. The molecule has 0 saturated heterocycles. The molecule has 3 rings (SSSR count). The second-order valence-corrected chi connectivity index (χ2v) is 8.70. The van der Waals surface area contributed by atoms with Gasteiger partial charge in [0.15, 0.2) is 5.82 Å². The molecule has 0 aliphatic carbocycles. The van der Waals surface area contributed by atoms with E-state index in [1.54, 1.807) is 25.6 Å². The summed E-state index contributed by atoms with van der Waals surface area (Å²) in [6.07, 6.45) is 2.61. The Balaban J connectivity index is 1.91. The Kier molecular flexibility index (Phi) is 5.73. The van der Waals surface area contributed by atoms with Gasteiger partial charge in [-0.15, -0.1) is 11.8 Å². The topological polar surface area (TPSA) is 101 Å². The lowest BCUT2D eigenvalue weighted by Crippen LogP contribution is -2.24. The van der Waals surface area contributed by atoms with Crippen LogP contribution in [0.15, 0.2) is 38.6 Å². The van der Waals surface area contributed by atoms with Crippen LogP contribution in [0.2, 0.25) is 0 Å². The summed E-state index contributed by atoms with van der Waals surface area (Å²) < 4.78 is 34.0. The number of aryl methyl sites for hydroxylation is 3. The third kappa shape index (κ3) is 4.10. The van der Waals surface area contributed by atoms with Crippen molar-refractivity contribution in [2.75, 3.05) is 6.26 Å². The summed E-state index contributed by atoms with van der Waals surface area (Å²) in [7, 11) is -3.77. The van der Waals surface area contributed by atoms with Crippen molar-refractivity contribution >= 4 is 21.8 Å². The predicted molar refractivity (Wildman–Crippen MR) is 105 cm³/mol. The van der Waals surface area contributed by atoms with Gasteiger partial charge in [0.1, 0.15) is 4.90 Å². The monoisotopic (exact) mass is 406 g/mol. The smallest absolute Gasteiger partial charge is 0.261 e. The molecule has 0 fully saturated rings. The Hall–Kier alpha value is -2.10. The maximum absolute atomic E-state index is 13.0. The molecule has 2 heterocycles. The number of benzene rings is 1. The van der Waals surface area contributed by atoms with Gasteiger partial charge < -0.3 is 9.51 Å². The largest absolute Gasteiger partial charge is 0.361 e. The fourth-order valence-electron chi connectivity index (χ4n) is 2.84. The summed E-state index contributed by atoms with van der Waals surface area (Å²) in [6, 6.07) is 7.76. The van der Waals surface area contributed by atoms with Crippen molar-refractivity contribution in [3.63, 3.8) is 0 Å². The first-order valence-electron chi connectivity index (χ1n) is 8.50. The summed E-state index contributed by atoms with van der Waals surface area (Å²) in [5.41, 5.74) is 2.51. The van der Waals surface area contributed by atoms with Gasteiger partial charge in [-0.3, -0.25) is 0 Å². The van der Waals surface area contributed by atoms with E-state index in [1.807, 2.05) is 37.4 Å². The zero-order valence-corrected chi connectivity index (χ0v) is 17.3. The molecular weight excluding hydrogens is 384 g/mol. The third-order valence-electron chi connectivity index (χ3n) is 4.21. The van der Waals surface area contributed by atoms with Crippen LogP contribution in [0.5, 0.6) is 0 Å². The average Bonchev–Trinajstić information content (AvgIpc) is 3.24. The molecule has 0 unspecified atom stereocenters. The van der Waals surface area contributed by atoms with Gasteiger partial charge in [-0.25, -0.2) is 13.1 Å². The molecule has 0 saturated carbocycles. The van der Waals surface area contributed by atoms with Crippen LogP contribution in [0.25, 0.3) is 11.5 Å². The number of rotatable bonds is 7. The van der Waals surface area contributed by atoms with Crippen LogP contribution in [0.4, 0.5) is 0 Å². The minimum atomic E-state index is -3.77. The van der Waals surface area contributed by atoms with E-state index in [0.29, 0.717) is 29.2 Å². The Bertz CT molecular complexity index is 1040. The van der Waals surface area contributed by atoms with E-state index in [0.717, 1.165) is 10.5 Å². The highest BCUT2D eigenvalue weighted by Crippen LogP contribution is 2.32. The minimum Gasteiger partial charge on any atom is -0.361 e. The Labute approximate surface area is 163 Å². The fraction of sp³-hybridized carbons (Fsp3) is 0.333. The van der Waals surface area contributed by atoms with E-state index in [2.05, 4.69) is 19.8 Å². The van der Waals surface area contributed by atoms with Crippen LogP contribution in [0.1, 0.15) is 29.7 Å². The molecule has 1 aromatic carbocycles. The van der Waals surface area contributed by atoms with E-state index >= 15 is 0 Å². The summed E-state index contributed by atoms with van der Waals surface area (Å²) in [6.45, 7) is 5.61. The molecule has 27 heavy (non-hydrogen) atoms. The Morgan fingerprint density at radius 1 is 1.19 bits per heavy atom. The van der Waals surface area contributed by atoms with Gasteiger partial charge in [-0.2, -0.15) is 4.98 Å². The highest BCUT2D eigenvalue weighted by atomic mass is 32.2. The normalized spacial score (nSPS) is 11.9. The summed E-state index contributed by atoms with van der Waals surface area (Å²) >= 11 is 1.64. The van der Waals surface area contributed by atoms with Crippen LogP contribution < -0.4 is 4.72 Å². The molecule has 0 aliphatic rings. The third-order valence-corrected chi connectivity index (χ3v) is 6.53. The van der Waals surface area contributed by atoms with Crippen LogP contribution in [0.3, 0.4) is 0 Å². The Morgan fingerprint density at radius 2 is 1.89 bits per heavy atom. The highest BCUT2D eigenvalue weighted by molar-refractivity contribution is 7.98. The lowest BCUT2D eigenvalue weighted by atomic mass is 10.2. The number of hydrogen-bond acceptors (Lipinski definition) is 6. The van der Waals surface area contributed by atoms with Crippen molar-refractivity contribution in [2.45, 2.75) is 43.5 Å². The van der Waals surface area contributed by atoms with Gasteiger partial charge in [0, 0.05) is 29.2 Å². The lowest BCUT2D eigenvalue weighted by Gasteiger charge is -2.08. The van der Waals surface area contributed by atoms with Gasteiger partial charge in [0.25, 0.3) is 5.89 Å². The SMILES string of the molecule is CCc1noc(-c2c(C)[nH]c(C)c2S(=O)(=O)NCc2ccc(SC)cc2)n1. The maximum Gasteiger partial charge on any atom is 0.261 e. The van der Waals surface area contributed by atoms with Crippen molar-refractivity contribution in [2.24, 2.45) is 0 Å². The minimum absolute atomic E-state index is 0.145. The van der Waals surface area contributed by atoms with Crippen LogP contribution in [-0.2, 0) is 23.0 Å². The molecule has 144 valence electrons. The number of thioether (sulfide) groups is 1. The molecule has 0 spiro atoms. The number of nitrogens with zero attached hydrogens (tertiary/aromatic N) is 2. The molecule has 3 aromatic rings. The molecule has 2 aromatic heterocycles. The zero-order chi connectivity index (χ0) is 19.6. The standard InChI is InChI=1S/C18H22N4O3S2/c1-5-15-21-18(25-22-15)16-11(2)20-12(3)17(16)27(23,24)19-10-13-6-8-14(26-4)9-7-13/h6-9,19-20H,5,10H2,1-4H3. The molecule has 0 aliphatic heterocycles. The van der Waals surface area contributed by atoms with E-state index in [-0.39, 0.29) is 17.3 Å². The summed E-state index contributed by atoms with van der Waals surface area (Å²) in [4.78, 5) is 8.64. The molecule has 0 bridgehead atoms. The van der Waals surface area contributed by atoms with E-state index in [1.165, 1.54) is 0 Å². The van der Waals surface area contributed by atoms with Crippen molar-refractivity contribution in [1.29, 1.82) is 0 Å². The second-order valence-electron chi connectivity index (χ2n) is 6.12. The molecular formula is C18H22N4O3S2. The molecule has 0 atom stereocenters. The van der Waals surface area contributed by atoms with Crippen molar-refractivity contribution in [1.82, 2.24) is 19.8 Å². The molecule has 7 nitrogen and oxygen atoms in total. The van der Waals surface area contributed by atoms with E-state index < -0.39 is 10.0 Å². The maximum atomic E-state index is 13.0. The van der Waals surface area contributed by atoms with Crippen LogP contribution in [-0.4, -0.2) is 29.8 Å². The first-order valence-corrected chi connectivity index (χ1v) is 11.2. The fourth-order valence-corrected chi connectivity index (χ4v) is 4.72. The number of sulfonamides is 1. The highest BCUT2D eigenvalue weighted by Gasteiger charge is 2.28. The quantitative estimate of drug-likeness (QED) is 0.583. The average molecular weight is 407 g/mol. The van der Waals surface area contributed by atoms with Crippen molar-refractivity contribution in [3.05, 3.63) is 47.0 Å². The van der Waals surface area contributed by atoms with Gasteiger partial charge >= 0.3 is 0 Å². The molecule has 2 N–H and O–H groups in total. The number of aromatic nitrogens is 3. The van der Waals surface area contributed by atoms with E-state index in [9.17, 15) is 8.42 Å². The first-order chi connectivity index (χ1) is 12.9. The van der Waals surface area contributed by atoms with Gasteiger partial charge in [0.2, 0.25) is 10.0 Å². The first kappa shape index (κ1) is 19.7. The van der Waals surface area contributed by atoms with Crippen LogP contribution in [0, 0.1) is 13.8 Å². The number of H-pyrrole nitrogens is 1. The van der Waals surface area contributed by atoms with Crippen molar-refractivity contribution in [3.8, 4) is 11.5 Å². The summed E-state index contributed by atoms with van der Waals surface area (Å²) in [5.74, 6) is 0.742. The number of nitrogens with one attached hydrogen (secondary N) is 2. The molecule has 0 radical (unpaired) electrons. The van der Waals surface area contributed by atoms with Gasteiger partial charge in [0.05, 0.1) is 5.56 Å². The zero-order valence-electron chi connectivity index (χ0n) is 15.7. The second kappa shape index (κ2) is 7.87.